The summed E-state index contributed by atoms with van der Waals surface area (Å²) in [5.74, 6) is 4.87. The largest absolute Gasteiger partial charge is 0.508 e. The van der Waals surface area contributed by atoms with E-state index in [1.807, 2.05) is 46.8 Å². The molecular weight excluding hydrogens is 596 g/mol. The van der Waals surface area contributed by atoms with Crippen LogP contribution in [-0.4, -0.2) is 28.2 Å². The molecule has 1 aromatic carbocycles. The minimum atomic E-state index is -0.351. The van der Waals surface area contributed by atoms with Crippen molar-refractivity contribution in [3.05, 3.63) is 29.8 Å². The molecule has 0 radical (unpaired) electrons. The van der Waals surface area contributed by atoms with Crippen molar-refractivity contribution in [3.63, 3.8) is 0 Å². The zero-order valence-corrected chi connectivity index (χ0v) is 32.9. The highest BCUT2D eigenvalue weighted by molar-refractivity contribution is 5.77. The predicted octanol–water partition coefficient (Wildman–Crippen LogP) is 11.7. The molecule has 274 valence electrons. The van der Waals surface area contributed by atoms with Gasteiger partial charge in [0.05, 0.1) is 10.8 Å². The Bertz CT molecular complexity index is 1140. The number of ether oxygens (including phenoxy) is 2. The van der Waals surface area contributed by atoms with Crippen LogP contribution in [0.25, 0.3) is 0 Å². The third kappa shape index (κ3) is 9.00. The van der Waals surface area contributed by atoms with E-state index in [4.69, 9.17) is 14.6 Å². The summed E-state index contributed by atoms with van der Waals surface area (Å²) in [6.45, 7) is 25.3. The van der Waals surface area contributed by atoms with E-state index in [0.717, 1.165) is 43.9 Å². The SMILES string of the molecule is CCC(C)(C)C(=O)OC1(C(C)C)C2CC3CC(C2)CC1C3.CCC(C)(C)C(=O)OC1(C(C)C)CCCC1.CCC(C)c1ccc(O)cc1. The van der Waals surface area contributed by atoms with Gasteiger partial charge in [0.15, 0.2) is 0 Å². The Morgan fingerprint density at radius 2 is 1.17 bits per heavy atom. The fraction of sp³-hybridized carbons (Fsp3) is 0.814. The van der Waals surface area contributed by atoms with Gasteiger partial charge in [0.1, 0.15) is 17.0 Å². The molecule has 1 atom stereocenters. The number of hydrogen-bond acceptors (Lipinski definition) is 5. The number of carbonyl (C=O) groups is 2. The van der Waals surface area contributed by atoms with Crippen LogP contribution in [0, 0.1) is 46.3 Å². The second kappa shape index (κ2) is 16.3. The molecule has 48 heavy (non-hydrogen) atoms. The molecule has 0 aromatic heterocycles. The van der Waals surface area contributed by atoms with E-state index in [0.29, 0.717) is 35.3 Å². The van der Waals surface area contributed by atoms with Gasteiger partial charge in [-0.2, -0.15) is 0 Å². The highest BCUT2D eigenvalue weighted by Gasteiger charge is 2.61. The van der Waals surface area contributed by atoms with Gasteiger partial charge in [-0.05, 0) is 164 Å². The molecule has 5 heteroatoms. The number of benzene rings is 1. The summed E-state index contributed by atoms with van der Waals surface area (Å²) in [6.07, 6.45) is 13.9. The van der Waals surface area contributed by atoms with Crippen molar-refractivity contribution in [1.29, 1.82) is 0 Å². The molecular formula is C43H72O5. The topological polar surface area (TPSA) is 72.8 Å². The van der Waals surface area contributed by atoms with E-state index in [2.05, 4.69) is 48.5 Å². The third-order valence-corrected chi connectivity index (χ3v) is 13.3. The smallest absolute Gasteiger partial charge is 0.312 e. The van der Waals surface area contributed by atoms with Crippen LogP contribution in [0.4, 0.5) is 0 Å². The Kier molecular flexibility index (Phi) is 13.7. The lowest BCUT2D eigenvalue weighted by atomic mass is 9.47. The van der Waals surface area contributed by atoms with Gasteiger partial charge < -0.3 is 14.6 Å². The third-order valence-electron chi connectivity index (χ3n) is 13.3. The van der Waals surface area contributed by atoms with Gasteiger partial charge in [-0.3, -0.25) is 9.59 Å². The van der Waals surface area contributed by atoms with Gasteiger partial charge in [0, 0.05) is 0 Å². The Hall–Kier alpha value is -2.04. The first-order valence-electron chi connectivity index (χ1n) is 19.6. The van der Waals surface area contributed by atoms with Crippen LogP contribution >= 0.6 is 0 Å². The fourth-order valence-electron chi connectivity index (χ4n) is 8.87. The van der Waals surface area contributed by atoms with Crippen LogP contribution in [-0.2, 0) is 19.1 Å². The molecule has 5 fully saturated rings. The van der Waals surface area contributed by atoms with Gasteiger partial charge in [0.2, 0.25) is 0 Å². The number of aromatic hydroxyl groups is 1. The zero-order valence-electron chi connectivity index (χ0n) is 32.9. The van der Waals surface area contributed by atoms with Crippen LogP contribution in [0.3, 0.4) is 0 Å². The van der Waals surface area contributed by atoms with Gasteiger partial charge in [-0.25, -0.2) is 0 Å². The van der Waals surface area contributed by atoms with Gasteiger partial charge >= 0.3 is 11.9 Å². The maximum absolute atomic E-state index is 12.8. The number of esters is 2. The highest BCUT2D eigenvalue weighted by atomic mass is 16.6. The van der Waals surface area contributed by atoms with E-state index >= 15 is 0 Å². The van der Waals surface area contributed by atoms with Gasteiger partial charge in [-0.15, -0.1) is 0 Å². The minimum absolute atomic E-state index is 0.0226. The second-order valence-corrected chi connectivity index (χ2v) is 17.9. The Morgan fingerprint density at radius 3 is 1.54 bits per heavy atom. The first-order valence-corrected chi connectivity index (χ1v) is 19.6. The predicted molar refractivity (Wildman–Crippen MR) is 198 cm³/mol. The first-order chi connectivity index (χ1) is 22.4. The van der Waals surface area contributed by atoms with Crippen LogP contribution < -0.4 is 0 Å². The van der Waals surface area contributed by atoms with E-state index in [1.54, 1.807) is 12.1 Å². The highest BCUT2D eigenvalue weighted by Crippen LogP contribution is 2.62. The number of phenols is 1. The maximum Gasteiger partial charge on any atom is 0.312 e. The lowest BCUT2D eigenvalue weighted by molar-refractivity contribution is -0.231. The number of hydrogen-bond donors (Lipinski definition) is 1. The number of carbonyl (C=O) groups excluding carboxylic acids is 2. The van der Waals surface area contributed by atoms with Crippen LogP contribution in [0.2, 0.25) is 0 Å². The Balaban J connectivity index is 0.000000206. The standard InChI is InChI=1S/C19H32O2.C14H26O2.C10H14O/c1-6-18(4,5)17(20)21-19(12(2)3)15-8-13-7-14(10-15)11-16(19)9-13;1-6-13(4,5)12(15)16-14(11(2)3)9-7-8-10-14;1-3-8(2)9-4-6-10(11)7-5-9/h12-16H,6-11H2,1-5H3;11H,6-10H2,1-5H3;4-8,11H,3H2,1-2H3. The van der Waals surface area contributed by atoms with Gasteiger partial charge in [-0.1, -0.05) is 67.5 Å². The molecule has 5 nitrogen and oxygen atoms in total. The molecule has 4 bridgehead atoms. The zero-order chi connectivity index (χ0) is 36.1. The Labute approximate surface area is 294 Å². The number of phenolic OH excluding ortho intramolecular Hbond substituents is 1. The van der Waals surface area contributed by atoms with Crippen LogP contribution in [0.15, 0.2) is 24.3 Å². The molecule has 0 aliphatic heterocycles. The van der Waals surface area contributed by atoms with E-state index < -0.39 is 0 Å². The first kappa shape index (κ1) is 40.4. The maximum atomic E-state index is 12.8. The monoisotopic (exact) mass is 669 g/mol. The molecule has 0 saturated heterocycles. The van der Waals surface area contributed by atoms with Crippen molar-refractivity contribution in [1.82, 2.24) is 0 Å². The normalized spacial score (nSPS) is 27.9. The summed E-state index contributed by atoms with van der Waals surface area (Å²) < 4.78 is 12.3. The summed E-state index contributed by atoms with van der Waals surface area (Å²) >= 11 is 0. The average Bonchev–Trinajstić information content (AvgIpc) is 3.52. The Morgan fingerprint density at radius 1 is 0.729 bits per heavy atom. The summed E-state index contributed by atoms with van der Waals surface area (Å²) in [5.41, 5.74) is 0.256. The summed E-state index contributed by atoms with van der Waals surface area (Å²) in [6, 6.07) is 7.43. The molecule has 0 amide bonds. The average molecular weight is 669 g/mol. The lowest BCUT2D eigenvalue weighted by Gasteiger charge is -2.62. The lowest BCUT2D eigenvalue weighted by Crippen LogP contribution is -2.63. The van der Waals surface area contributed by atoms with Crippen molar-refractivity contribution in [2.75, 3.05) is 0 Å². The molecule has 5 aliphatic carbocycles. The van der Waals surface area contributed by atoms with E-state index in [1.165, 1.54) is 50.5 Å². The fourth-order valence-corrected chi connectivity index (χ4v) is 8.87. The van der Waals surface area contributed by atoms with Crippen LogP contribution in [0.5, 0.6) is 5.75 Å². The quantitative estimate of drug-likeness (QED) is 0.251. The van der Waals surface area contributed by atoms with Crippen molar-refractivity contribution < 1.29 is 24.2 Å². The molecule has 5 saturated carbocycles. The van der Waals surface area contributed by atoms with Crippen molar-refractivity contribution in [2.45, 2.75) is 177 Å². The van der Waals surface area contributed by atoms with Crippen molar-refractivity contribution >= 4 is 11.9 Å². The van der Waals surface area contributed by atoms with Crippen LogP contribution in [0.1, 0.15) is 172 Å². The molecule has 0 spiro atoms. The molecule has 0 heterocycles. The molecule has 1 unspecified atom stereocenters. The molecule has 6 rings (SSSR count). The van der Waals surface area contributed by atoms with Gasteiger partial charge in [0.25, 0.3) is 0 Å². The minimum Gasteiger partial charge on any atom is -0.508 e. The summed E-state index contributed by atoms with van der Waals surface area (Å²) in [4.78, 5) is 24.9. The second-order valence-electron chi connectivity index (χ2n) is 17.9. The van der Waals surface area contributed by atoms with E-state index in [9.17, 15) is 9.59 Å². The molecule has 5 aliphatic rings. The number of rotatable bonds is 10. The van der Waals surface area contributed by atoms with Crippen molar-refractivity contribution in [3.8, 4) is 5.75 Å². The molecule has 1 aromatic rings. The van der Waals surface area contributed by atoms with E-state index in [-0.39, 0.29) is 34.0 Å². The van der Waals surface area contributed by atoms with Crippen molar-refractivity contribution in [2.24, 2.45) is 46.3 Å². The summed E-state index contributed by atoms with van der Waals surface area (Å²) in [7, 11) is 0. The molecule has 1 N–H and O–H groups in total. The summed E-state index contributed by atoms with van der Waals surface area (Å²) in [5, 5.41) is 9.01.